The van der Waals surface area contributed by atoms with E-state index in [4.69, 9.17) is 4.74 Å². The van der Waals surface area contributed by atoms with Crippen LogP contribution >= 0.6 is 0 Å². The van der Waals surface area contributed by atoms with Crippen LogP contribution in [-0.2, 0) is 9.59 Å². The van der Waals surface area contributed by atoms with Crippen LogP contribution in [-0.4, -0.2) is 41.4 Å². The van der Waals surface area contributed by atoms with Crippen LogP contribution in [0.4, 0.5) is 0 Å². The molecule has 25 heavy (non-hydrogen) atoms. The molecule has 1 aliphatic heterocycles. The number of amides is 2. The highest BCUT2D eigenvalue weighted by molar-refractivity contribution is 5.89. The number of nitrogens with one attached hydrogen (secondary N) is 1. The minimum Gasteiger partial charge on any atom is -0.488 e. The summed E-state index contributed by atoms with van der Waals surface area (Å²) in [6, 6.07) is 9.57. The van der Waals surface area contributed by atoms with Crippen molar-refractivity contribution in [2.75, 3.05) is 6.54 Å². The van der Waals surface area contributed by atoms with Crippen LogP contribution in [0.25, 0.3) is 0 Å². The number of ether oxygens (including phenoxy) is 1. The molecular weight excluding hydrogens is 316 g/mol. The number of likely N-dealkylation sites (tertiary alicyclic amines) is 1. The first-order valence-electron chi connectivity index (χ1n) is 9.53. The van der Waals surface area contributed by atoms with Gasteiger partial charge in [0.15, 0.2) is 0 Å². The first-order chi connectivity index (χ1) is 12.2. The zero-order valence-corrected chi connectivity index (χ0v) is 14.5. The Labute approximate surface area is 148 Å². The molecule has 2 amide bonds. The largest absolute Gasteiger partial charge is 0.488 e. The molecule has 1 aromatic carbocycles. The van der Waals surface area contributed by atoms with Crippen molar-refractivity contribution < 1.29 is 14.3 Å². The maximum Gasteiger partial charge on any atom is 0.243 e. The third-order valence-electron chi connectivity index (χ3n) is 5.52. The topological polar surface area (TPSA) is 58.6 Å². The fourth-order valence-corrected chi connectivity index (χ4v) is 4.00. The number of nitrogens with zero attached hydrogens (tertiary/aromatic N) is 1. The van der Waals surface area contributed by atoms with Gasteiger partial charge in [-0.3, -0.25) is 9.59 Å². The molecule has 1 heterocycles. The number of hydrogen-bond donors (Lipinski definition) is 1. The lowest BCUT2D eigenvalue weighted by atomic mass is 10.1. The quantitative estimate of drug-likeness (QED) is 0.894. The van der Waals surface area contributed by atoms with Gasteiger partial charge in [-0.05, 0) is 37.8 Å². The van der Waals surface area contributed by atoms with Crippen molar-refractivity contribution in [1.82, 2.24) is 10.2 Å². The van der Waals surface area contributed by atoms with E-state index in [0.717, 1.165) is 44.3 Å². The Morgan fingerprint density at radius 2 is 1.76 bits per heavy atom. The van der Waals surface area contributed by atoms with Crippen LogP contribution in [0.15, 0.2) is 30.3 Å². The van der Waals surface area contributed by atoms with Crippen molar-refractivity contribution in [2.45, 2.75) is 63.1 Å². The summed E-state index contributed by atoms with van der Waals surface area (Å²) in [6.07, 6.45) is 6.71. The Balaban J connectivity index is 1.46. The van der Waals surface area contributed by atoms with Gasteiger partial charge in [-0.25, -0.2) is 0 Å². The summed E-state index contributed by atoms with van der Waals surface area (Å²) in [7, 11) is 0. The fourth-order valence-electron chi connectivity index (χ4n) is 4.00. The molecular formula is C20H26N2O3. The Morgan fingerprint density at radius 1 is 1.04 bits per heavy atom. The second-order valence-corrected chi connectivity index (χ2v) is 7.56. The van der Waals surface area contributed by atoms with E-state index in [0.29, 0.717) is 19.0 Å². The molecule has 1 N–H and O–H groups in total. The Kier molecular flexibility index (Phi) is 4.64. The van der Waals surface area contributed by atoms with E-state index in [-0.39, 0.29) is 29.9 Å². The molecule has 0 aromatic heterocycles. The summed E-state index contributed by atoms with van der Waals surface area (Å²) in [4.78, 5) is 27.4. The van der Waals surface area contributed by atoms with Crippen molar-refractivity contribution in [2.24, 2.45) is 5.92 Å². The second kappa shape index (κ2) is 7.06. The van der Waals surface area contributed by atoms with E-state index in [1.165, 1.54) is 0 Å². The van der Waals surface area contributed by atoms with Crippen LogP contribution in [0.2, 0.25) is 0 Å². The van der Waals surface area contributed by atoms with Crippen LogP contribution in [0, 0.1) is 5.92 Å². The van der Waals surface area contributed by atoms with Gasteiger partial charge in [-0.1, -0.05) is 31.0 Å². The maximum atomic E-state index is 13.0. The number of rotatable bonds is 5. The third kappa shape index (κ3) is 3.80. The van der Waals surface area contributed by atoms with E-state index < -0.39 is 0 Å². The molecule has 5 nitrogen and oxygen atoms in total. The van der Waals surface area contributed by atoms with Crippen molar-refractivity contribution in [3.63, 3.8) is 0 Å². The van der Waals surface area contributed by atoms with Gasteiger partial charge in [0.1, 0.15) is 17.9 Å². The van der Waals surface area contributed by atoms with Gasteiger partial charge in [0.05, 0.1) is 6.54 Å². The van der Waals surface area contributed by atoms with Gasteiger partial charge in [0.25, 0.3) is 0 Å². The monoisotopic (exact) mass is 342 g/mol. The SMILES string of the molecule is O=C(NC1CC1)[C@@H]1C[C@H](Oc2ccccc2)CN1C(=O)C1CCCC1. The van der Waals surface area contributed by atoms with E-state index >= 15 is 0 Å². The predicted molar refractivity (Wildman–Crippen MR) is 94.1 cm³/mol. The molecule has 2 atom stereocenters. The average Bonchev–Trinajstić information content (AvgIpc) is 3.12. The van der Waals surface area contributed by atoms with Gasteiger partial charge in [-0.2, -0.15) is 0 Å². The smallest absolute Gasteiger partial charge is 0.243 e. The molecule has 134 valence electrons. The summed E-state index contributed by atoms with van der Waals surface area (Å²) < 4.78 is 6.05. The number of hydrogen-bond acceptors (Lipinski definition) is 3. The number of carbonyl (C=O) groups excluding carboxylic acids is 2. The van der Waals surface area contributed by atoms with Gasteiger partial charge in [0, 0.05) is 18.4 Å². The molecule has 4 rings (SSSR count). The second-order valence-electron chi connectivity index (χ2n) is 7.56. The van der Waals surface area contributed by atoms with Gasteiger partial charge < -0.3 is 15.0 Å². The first kappa shape index (κ1) is 16.4. The minimum absolute atomic E-state index is 0.00647. The maximum absolute atomic E-state index is 13.0. The molecule has 2 aliphatic carbocycles. The van der Waals surface area contributed by atoms with Gasteiger partial charge in [-0.15, -0.1) is 0 Å². The predicted octanol–water partition coefficient (Wildman–Crippen LogP) is 2.50. The standard InChI is InChI=1S/C20H26N2O3/c23-19(21-15-10-11-15)18-12-17(25-16-8-2-1-3-9-16)13-22(18)20(24)14-6-4-5-7-14/h1-3,8-9,14-15,17-18H,4-7,10-13H2,(H,21,23)/t17-,18-/m0/s1. The van der Waals surface area contributed by atoms with Crippen LogP contribution in [0.5, 0.6) is 5.75 Å². The normalized spacial score (nSPS) is 26.6. The van der Waals surface area contributed by atoms with Gasteiger partial charge >= 0.3 is 0 Å². The van der Waals surface area contributed by atoms with E-state index in [1.54, 1.807) is 4.90 Å². The van der Waals surface area contributed by atoms with Crippen molar-refractivity contribution >= 4 is 11.8 Å². The highest BCUT2D eigenvalue weighted by Gasteiger charge is 2.44. The Morgan fingerprint density at radius 3 is 2.44 bits per heavy atom. The minimum atomic E-state index is -0.387. The lowest BCUT2D eigenvalue weighted by molar-refractivity contribution is -0.141. The van der Waals surface area contributed by atoms with Crippen molar-refractivity contribution in [1.29, 1.82) is 0 Å². The highest BCUT2D eigenvalue weighted by atomic mass is 16.5. The molecule has 3 fully saturated rings. The number of para-hydroxylation sites is 1. The molecule has 0 unspecified atom stereocenters. The zero-order valence-electron chi connectivity index (χ0n) is 14.5. The average molecular weight is 342 g/mol. The van der Waals surface area contributed by atoms with Crippen LogP contribution in [0.3, 0.4) is 0 Å². The molecule has 1 saturated heterocycles. The summed E-state index contributed by atoms with van der Waals surface area (Å²) in [5.74, 6) is 1.02. The lowest BCUT2D eigenvalue weighted by Crippen LogP contribution is -2.48. The highest BCUT2D eigenvalue weighted by Crippen LogP contribution is 2.31. The molecule has 0 spiro atoms. The third-order valence-corrected chi connectivity index (χ3v) is 5.52. The molecule has 2 saturated carbocycles. The Bertz CT molecular complexity index is 623. The Hall–Kier alpha value is -2.04. The summed E-state index contributed by atoms with van der Waals surface area (Å²) in [5, 5.41) is 3.07. The van der Waals surface area contributed by atoms with Gasteiger partial charge in [0.2, 0.25) is 11.8 Å². The lowest BCUT2D eigenvalue weighted by Gasteiger charge is -2.26. The molecule has 0 radical (unpaired) electrons. The number of benzene rings is 1. The van der Waals surface area contributed by atoms with E-state index in [2.05, 4.69) is 5.32 Å². The molecule has 3 aliphatic rings. The van der Waals surface area contributed by atoms with Crippen LogP contribution < -0.4 is 10.1 Å². The first-order valence-corrected chi connectivity index (χ1v) is 9.53. The van der Waals surface area contributed by atoms with Crippen LogP contribution in [0.1, 0.15) is 44.9 Å². The summed E-state index contributed by atoms with van der Waals surface area (Å²) >= 11 is 0. The molecule has 0 bridgehead atoms. The van der Waals surface area contributed by atoms with E-state index in [9.17, 15) is 9.59 Å². The summed E-state index contributed by atoms with van der Waals surface area (Å²) in [5.41, 5.74) is 0. The van der Waals surface area contributed by atoms with Crippen molar-refractivity contribution in [3.8, 4) is 5.75 Å². The fraction of sp³-hybridized carbons (Fsp3) is 0.600. The summed E-state index contributed by atoms with van der Waals surface area (Å²) in [6.45, 7) is 0.507. The molecule has 1 aromatic rings. The number of carbonyl (C=O) groups is 2. The van der Waals surface area contributed by atoms with Crippen molar-refractivity contribution in [3.05, 3.63) is 30.3 Å². The zero-order chi connectivity index (χ0) is 17.2. The molecule has 5 heteroatoms. The van der Waals surface area contributed by atoms with E-state index in [1.807, 2.05) is 30.3 Å².